The molecule has 0 aromatic heterocycles. The van der Waals surface area contributed by atoms with E-state index in [0.717, 1.165) is 48.5 Å². The van der Waals surface area contributed by atoms with Gasteiger partial charge < -0.3 is 20.1 Å². The Labute approximate surface area is 170 Å². The monoisotopic (exact) mass is 403 g/mol. The van der Waals surface area contributed by atoms with E-state index in [1.807, 2.05) is 25.1 Å². The van der Waals surface area contributed by atoms with E-state index in [0.29, 0.717) is 19.1 Å². The van der Waals surface area contributed by atoms with Gasteiger partial charge in [-0.15, -0.1) is 0 Å². The van der Waals surface area contributed by atoms with Crippen molar-refractivity contribution in [2.75, 3.05) is 20.3 Å². The fourth-order valence-electron chi connectivity index (χ4n) is 3.16. The fraction of sp³-hybridized carbons (Fsp3) is 0.409. The van der Waals surface area contributed by atoms with Crippen LogP contribution in [0.1, 0.15) is 29.5 Å². The third kappa shape index (κ3) is 6.15. The molecule has 0 amide bonds. The van der Waals surface area contributed by atoms with E-state index in [1.54, 1.807) is 7.05 Å². The number of nitrogens with one attached hydrogen (secondary N) is 2. The van der Waals surface area contributed by atoms with E-state index in [4.69, 9.17) is 9.47 Å². The van der Waals surface area contributed by atoms with Crippen LogP contribution in [0.3, 0.4) is 0 Å². The number of rotatable bonds is 7. The van der Waals surface area contributed by atoms with Gasteiger partial charge >= 0.3 is 0 Å². The molecule has 0 bridgehead atoms. The first kappa shape index (κ1) is 21.0. The molecule has 1 unspecified atom stereocenters. The van der Waals surface area contributed by atoms with Crippen molar-refractivity contribution in [1.29, 1.82) is 0 Å². The average Bonchev–Trinajstić information content (AvgIpc) is 3.23. The first-order valence-electron chi connectivity index (χ1n) is 9.77. The van der Waals surface area contributed by atoms with Crippen molar-refractivity contribution in [2.45, 2.75) is 39.0 Å². The SMILES string of the molecule is CN=C(NCc1cc(F)ccc1F)NCc1ccc(C)cc1OCC1CCCO1. The first-order chi connectivity index (χ1) is 14.0. The van der Waals surface area contributed by atoms with Gasteiger partial charge in [0.2, 0.25) is 0 Å². The minimum atomic E-state index is -0.473. The summed E-state index contributed by atoms with van der Waals surface area (Å²) in [6, 6.07) is 9.42. The number of aliphatic imine (C=N–C) groups is 1. The highest BCUT2D eigenvalue weighted by atomic mass is 19.1. The van der Waals surface area contributed by atoms with E-state index < -0.39 is 11.6 Å². The van der Waals surface area contributed by atoms with Gasteiger partial charge in [-0.1, -0.05) is 12.1 Å². The zero-order valence-corrected chi connectivity index (χ0v) is 16.8. The van der Waals surface area contributed by atoms with Crippen LogP contribution in [0.15, 0.2) is 41.4 Å². The third-order valence-corrected chi connectivity index (χ3v) is 4.80. The summed E-state index contributed by atoms with van der Waals surface area (Å²) >= 11 is 0. The lowest BCUT2D eigenvalue weighted by atomic mass is 10.1. The molecule has 1 aliphatic heterocycles. The predicted molar refractivity (Wildman–Crippen MR) is 109 cm³/mol. The van der Waals surface area contributed by atoms with E-state index >= 15 is 0 Å². The molecule has 2 N–H and O–H groups in total. The number of nitrogens with zero attached hydrogens (tertiary/aromatic N) is 1. The topological polar surface area (TPSA) is 54.9 Å². The number of aryl methyl sites for hydroxylation is 1. The molecule has 1 heterocycles. The Bertz CT molecular complexity index is 852. The standard InChI is InChI=1S/C22H27F2N3O2/c1-15-5-6-16(21(10-15)29-14-19-4-3-9-28-19)12-26-22(25-2)27-13-17-11-18(23)7-8-20(17)24/h5-8,10-11,19H,3-4,9,12-14H2,1-2H3,(H2,25,26,27). The number of hydrogen-bond acceptors (Lipinski definition) is 3. The van der Waals surface area contributed by atoms with Crippen LogP contribution in [-0.4, -0.2) is 32.3 Å². The summed E-state index contributed by atoms with van der Waals surface area (Å²) in [5.74, 6) is 0.357. The molecule has 1 fully saturated rings. The molecule has 5 nitrogen and oxygen atoms in total. The molecule has 7 heteroatoms. The summed E-state index contributed by atoms with van der Waals surface area (Å²) in [6.45, 7) is 3.95. The molecule has 0 radical (unpaired) electrons. The smallest absolute Gasteiger partial charge is 0.191 e. The van der Waals surface area contributed by atoms with Crippen molar-refractivity contribution in [2.24, 2.45) is 4.99 Å². The number of hydrogen-bond donors (Lipinski definition) is 2. The molecule has 29 heavy (non-hydrogen) atoms. The van der Waals surface area contributed by atoms with Crippen molar-refractivity contribution >= 4 is 5.96 Å². The zero-order chi connectivity index (χ0) is 20.6. The predicted octanol–water partition coefficient (Wildman–Crippen LogP) is 3.70. The lowest BCUT2D eigenvalue weighted by Gasteiger charge is -2.17. The summed E-state index contributed by atoms with van der Waals surface area (Å²) in [6.07, 6.45) is 2.24. The quantitative estimate of drug-likeness (QED) is 0.547. The molecular formula is C22H27F2N3O2. The second-order valence-corrected chi connectivity index (χ2v) is 7.07. The van der Waals surface area contributed by atoms with Crippen LogP contribution < -0.4 is 15.4 Å². The molecule has 0 spiro atoms. The van der Waals surface area contributed by atoms with Crippen molar-refractivity contribution in [3.05, 3.63) is 64.7 Å². The lowest BCUT2D eigenvalue weighted by molar-refractivity contribution is 0.0676. The largest absolute Gasteiger partial charge is 0.491 e. The Hall–Kier alpha value is -2.67. The number of guanidine groups is 1. The van der Waals surface area contributed by atoms with E-state index in [2.05, 4.69) is 15.6 Å². The summed E-state index contributed by atoms with van der Waals surface area (Å²) in [4.78, 5) is 4.14. The molecule has 3 rings (SSSR count). The molecule has 156 valence electrons. The van der Waals surface area contributed by atoms with Gasteiger partial charge in [-0.05, 0) is 49.6 Å². The van der Waals surface area contributed by atoms with Crippen LogP contribution in [-0.2, 0) is 17.8 Å². The van der Waals surface area contributed by atoms with Crippen molar-refractivity contribution in [3.8, 4) is 5.75 Å². The molecule has 1 atom stereocenters. The highest BCUT2D eigenvalue weighted by Crippen LogP contribution is 2.22. The number of benzene rings is 2. The van der Waals surface area contributed by atoms with Crippen molar-refractivity contribution < 1.29 is 18.3 Å². The Kier molecular flexibility index (Phi) is 7.41. The Morgan fingerprint density at radius 3 is 2.66 bits per heavy atom. The van der Waals surface area contributed by atoms with Gasteiger partial charge in [0.25, 0.3) is 0 Å². The van der Waals surface area contributed by atoms with E-state index in [-0.39, 0.29) is 18.2 Å². The Morgan fingerprint density at radius 1 is 1.14 bits per heavy atom. The average molecular weight is 403 g/mol. The van der Waals surface area contributed by atoms with Crippen LogP contribution >= 0.6 is 0 Å². The molecule has 0 aliphatic carbocycles. The van der Waals surface area contributed by atoms with E-state index in [9.17, 15) is 8.78 Å². The fourth-order valence-corrected chi connectivity index (χ4v) is 3.16. The van der Waals surface area contributed by atoms with Gasteiger partial charge in [-0.2, -0.15) is 0 Å². The Morgan fingerprint density at radius 2 is 1.93 bits per heavy atom. The summed E-state index contributed by atoms with van der Waals surface area (Å²) in [5, 5.41) is 6.19. The Balaban J connectivity index is 1.57. The van der Waals surface area contributed by atoms with Gasteiger partial charge in [-0.25, -0.2) is 8.78 Å². The van der Waals surface area contributed by atoms with Crippen LogP contribution in [0.5, 0.6) is 5.75 Å². The summed E-state index contributed by atoms with van der Waals surface area (Å²) < 4.78 is 38.7. The number of ether oxygens (including phenoxy) is 2. The second kappa shape index (κ2) is 10.2. The molecule has 0 saturated carbocycles. The van der Waals surface area contributed by atoms with E-state index in [1.165, 1.54) is 6.07 Å². The lowest BCUT2D eigenvalue weighted by Crippen LogP contribution is -2.36. The van der Waals surface area contributed by atoms with Crippen LogP contribution in [0.4, 0.5) is 8.78 Å². The maximum atomic E-state index is 13.8. The van der Waals surface area contributed by atoms with Gasteiger partial charge in [0.1, 0.15) is 24.0 Å². The maximum Gasteiger partial charge on any atom is 0.191 e. The minimum absolute atomic E-state index is 0.125. The minimum Gasteiger partial charge on any atom is -0.491 e. The second-order valence-electron chi connectivity index (χ2n) is 7.07. The third-order valence-electron chi connectivity index (χ3n) is 4.80. The maximum absolute atomic E-state index is 13.8. The molecule has 1 saturated heterocycles. The van der Waals surface area contributed by atoms with Crippen LogP contribution in [0, 0.1) is 18.6 Å². The summed E-state index contributed by atoms with van der Waals surface area (Å²) in [7, 11) is 1.63. The van der Waals surface area contributed by atoms with Crippen LogP contribution in [0.25, 0.3) is 0 Å². The highest BCUT2D eigenvalue weighted by Gasteiger charge is 2.17. The molecule has 2 aromatic rings. The van der Waals surface area contributed by atoms with Gasteiger partial charge in [-0.3, -0.25) is 4.99 Å². The van der Waals surface area contributed by atoms with Gasteiger partial charge in [0.05, 0.1) is 6.10 Å². The van der Waals surface area contributed by atoms with Crippen molar-refractivity contribution in [3.63, 3.8) is 0 Å². The van der Waals surface area contributed by atoms with Crippen LogP contribution in [0.2, 0.25) is 0 Å². The van der Waals surface area contributed by atoms with Gasteiger partial charge in [0, 0.05) is 37.9 Å². The van der Waals surface area contributed by atoms with Gasteiger partial charge in [0.15, 0.2) is 5.96 Å². The first-order valence-corrected chi connectivity index (χ1v) is 9.77. The van der Waals surface area contributed by atoms with Crippen molar-refractivity contribution in [1.82, 2.24) is 10.6 Å². The summed E-state index contributed by atoms with van der Waals surface area (Å²) in [5.41, 5.74) is 2.33. The molecule has 2 aromatic carbocycles. The zero-order valence-electron chi connectivity index (χ0n) is 16.8. The highest BCUT2D eigenvalue weighted by molar-refractivity contribution is 5.79. The molecular weight excluding hydrogens is 376 g/mol. The molecule has 1 aliphatic rings. The number of halogens is 2. The normalized spacial score (nSPS) is 16.7.